The number of carbonyl (C=O) groups excluding carboxylic acids is 1. The van der Waals surface area contributed by atoms with Crippen LogP contribution in [0, 0.1) is 5.92 Å². The number of aromatic nitrogens is 2. The molecule has 1 atom stereocenters. The number of halogens is 6. The van der Waals surface area contributed by atoms with Gasteiger partial charge in [0.1, 0.15) is 5.69 Å². The summed E-state index contributed by atoms with van der Waals surface area (Å²) in [5, 5.41) is 5.63. The van der Waals surface area contributed by atoms with Crippen molar-refractivity contribution >= 4 is 11.6 Å². The lowest BCUT2D eigenvalue weighted by Gasteiger charge is -2.12. The van der Waals surface area contributed by atoms with Crippen LogP contribution in [0.3, 0.4) is 0 Å². The van der Waals surface area contributed by atoms with E-state index < -0.39 is 23.7 Å². The largest absolute Gasteiger partial charge is 0.435 e. The average Bonchev–Trinajstić information content (AvgIpc) is 3.24. The number of rotatable bonds is 3. The van der Waals surface area contributed by atoms with Crippen LogP contribution in [0.15, 0.2) is 30.3 Å². The number of carbonyl (C=O) groups is 1. The maximum absolute atomic E-state index is 13.1. The minimum Gasteiger partial charge on any atom is -0.381 e. The lowest BCUT2D eigenvalue weighted by atomic mass is 10.1. The molecule has 0 bridgehead atoms. The lowest BCUT2D eigenvalue weighted by Crippen LogP contribution is -2.22. The van der Waals surface area contributed by atoms with E-state index in [1.807, 2.05) is 0 Å². The summed E-state index contributed by atoms with van der Waals surface area (Å²) in [6.45, 7) is 0.754. The van der Waals surface area contributed by atoms with E-state index in [0.29, 0.717) is 18.7 Å². The molecule has 1 saturated heterocycles. The van der Waals surface area contributed by atoms with Crippen LogP contribution >= 0.6 is 0 Å². The van der Waals surface area contributed by atoms with Gasteiger partial charge >= 0.3 is 12.4 Å². The molecule has 1 fully saturated rings. The fourth-order valence-corrected chi connectivity index (χ4v) is 2.59. The quantitative estimate of drug-likeness (QED) is 0.806. The maximum Gasteiger partial charge on any atom is 0.435 e. The number of hydrogen-bond acceptors (Lipinski definition) is 3. The van der Waals surface area contributed by atoms with E-state index in [4.69, 9.17) is 4.74 Å². The Morgan fingerprint density at radius 1 is 1.11 bits per heavy atom. The van der Waals surface area contributed by atoms with E-state index in [-0.39, 0.29) is 34.9 Å². The Balaban J connectivity index is 1.86. The molecule has 1 aromatic carbocycles. The third kappa shape index (κ3) is 4.24. The molecule has 0 saturated carbocycles. The average molecular weight is 393 g/mol. The zero-order valence-corrected chi connectivity index (χ0v) is 13.6. The van der Waals surface area contributed by atoms with Gasteiger partial charge in [0.05, 0.1) is 18.2 Å². The predicted molar refractivity (Wildman–Crippen MR) is 81.1 cm³/mol. The van der Waals surface area contributed by atoms with Gasteiger partial charge in [0.15, 0.2) is 5.69 Å². The molecule has 1 amide bonds. The molecular weight excluding hydrogens is 380 g/mol. The van der Waals surface area contributed by atoms with Gasteiger partial charge in [0, 0.05) is 18.4 Å². The molecule has 1 aliphatic rings. The van der Waals surface area contributed by atoms with Crippen molar-refractivity contribution < 1.29 is 35.9 Å². The number of anilines is 1. The highest BCUT2D eigenvalue weighted by atomic mass is 19.4. The molecule has 0 aliphatic carbocycles. The Morgan fingerprint density at radius 3 is 2.30 bits per heavy atom. The van der Waals surface area contributed by atoms with Crippen LogP contribution in [0.4, 0.5) is 32.0 Å². The number of nitrogens with zero attached hydrogens (tertiary/aromatic N) is 2. The van der Waals surface area contributed by atoms with Gasteiger partial charge < -0.3 is 10.1 Å². The Kier molecular flexibility index (Phi) is 4.89. The van der Waals surface area contributed by atoms with Crippen molar-refractivity contribution in [1.82, 2.24) is 9.78 Å². The molecular formula is C16H13F6N3O2. The van der Waals surface area contributed by atoms with E-state index in [2.05, 4.69) is 10.4 Å². The second-order valence-electron chi connectivity index (χ2n) is 5.92. The third-order valence-corrected chi connectivity index (χ3v) is 3.97. The fourth-order valence-electron chi connectivity index (χ4n) is 2.59. The zero-order chi connectivity index (χ0) is 19.8. The first kappa shape index (κ1) is 19.2. The van der Waals surface area contributed by atoms with Gasteiger partial charge in [-0.2, -0.15) is 31.4 Å². The first-order valence-electron chi connectivity index (χ1n) is 7.79. The molecule has 11 heteroatoms. The van der Waals surface area contributed by atoms with Gasteiger partial charge in [-0.15, -0.1) is 0 Å². The number of hydrogen-bond donors (Lipinski definition) is 1. The Morgan fingerprint density at radius 2 is 1.78 bits per heavy atom. The number of nitrogens with one attached hydrogen (secondary N) is 1. The predicted octanol–water partition coefficient (Wildman–Crippen LogP) is 3.88. The van der Waals surface area contributed by atoms with E-state index in [1.165, 1.54) is 12.1 Å². The van der Waals surface area contributed by atoms with Gasteiger partial charge in [-0.05, 0) is 30.7 Å². The first-order chi connectivity index (χ1) is 12.6. The van der Waals surface area contributed by atoms with Gasteiger partial charge in [0.25, 0.3) is 0 Å². The van der Waals surface area contributed by atoms with Crippen molar-refractivity contribution in [1.29, 1.82) is 0 Å². The van der Waals surface area contributed by atoms with Crippen molar-refractivity contribution in [2.24, 2.45) is 5.92 Å². The summed E-state index contributed by atoms with van der Waals surface area (Å²) in [5.74, 6) is -0.614. The van der Waals surface area contributed by atoms with Gasteiger partial charge in [-0.3, -0.25) is 4.79 Å². The molecule has 2 aromatic rings. The van der Waals surface area contributed by atoms with Crippen molar-refractivity contribution in [2.75, 3.05) is 18.5 Å². The van der Waals surface area contributed by atoms with Crippen LogP contribution in [0.1, 0.15) is 17.8 Å². The van der Waals surface area contributed by atoms with Crippen molar-refractivity contribution in [3.8, 4) is 5.69 Å². The van der Waals surface area contributed by atoms with Crippen LogP contribution in [0.2, 0.25) is 0 Å². The number of ether oxygens (including phenoxy) is 1. The van der Waals surface area contributed by atoms with Crippen LogP contribution in [-0.4, -0.2) is 28.9 Å². The van der Waals surface area contributed by atoms with Crippen LogP contribution in [0.25, 0.3) is 5.69 Å². The Labute approximate surface area is 148 Å². The lowest BCUT2D eigenvalue weighted by molar-refractivity contribution is -0.143. The molecule has 0 radical (unpaired) electrons. The SMILES string of the molecule is O=C(Nc1ccc(-n2nc(C(F)(F)F)cc2C(F)(F)F)cc1)C1CCOC1. The highest BCUT2D eigenvalue weighted by Gasteiger charge is 2.42. The summed E-state index contributed by atoms with van der Waals surface area (Å²) in [6.07, 6.45) is -9.47. The van der Waals surface area contributed by atoms with Gasteiger partial charge in [-0.25, -0.2) is 4.68 Å². The molecule has 3 rings (SSSR count). The topological polar surface area (TPSA) is 56.2 Å². The van der Waals surface area contributed by atoms with E-state index in [0.717, 1.165) is 12.1 Å². The fraction of sp³-hybridized carbons (Fsp3) is 0.375. The molecule has 1 aromatic heterocycles. The summed E-state index contributed by atoms with van der Waals surface area (Å²) < 4.78 is 82.7. The highest BCUT2D eigenvalue weighted by Crippen LogP contribution is 2.36. The minimum absolute atomic E-state index is 0.0459. The van der Waals surface area contributed by atoms with Gasteiger partial charge in [-0.1, -0.05) is 0 Å². The number of amides is 1. The Bertz CT molecular complexity index is 820. The molecule has 1 aliphatic heterocycles. The van der Waals surface area contributed by atoms with E-state index in [1.54, 1.807) is 0 Å². The molecule has 1 N–H and O–H groups in total. The summed E-state index contributed by atoms with van der Waals surface area (Å²) in [4.78, 5) is 12.0. The second-order valence-corrected chi connectivity index (χ2v) is 5.92. The summed E-state index contributed by atoms with van der Waals surface area (Å²) in [6, 6.07) is 4.82. The molecule has 146 valence electrons. The summed E-state index contributed by atoms with van der Waals surface area (Å²) >= 11 is 0. The molecule has 27 heavy (non-hydrogen) atoms. The van der Waals surface area contributed by atoms with Gasteiger partial charge in [0.2, 0.25) is 5.91 Å². The monoisotopic (exact) mass is 393 g/mol. The standard InChI is InChI=1S/C16H13F6N3O2/c17-15(18,19)12-7-13(16(20,21)22)25(24-12)11-3-1-10(2-4-11)23-14(26)9-5-6-27-8-9/h1-4,7,9H,5-6,8H2,(H,23,26). The summed E-state index contributed by atoms with van der Waals surface area (Å²) in [5.41, 5.74) is -3.12. The molecule has 1 unspecified atom stereocenters. The third-order valence-electron chi connectivity index (χ3n) is 3.97. The summed E-state index contributed by atoms with van der Waals surface area (Å²) in [7, 11) is 0. The van der Waals surface area contributed by atoms with Crippen molar-refractivity contribution in [3.63, 3.8) is 0 Å². The smallest absolute Gasteiger partial charge is 0.381 e. The normalized spacial score (nSPS) is 17.9. The van der Waals surface area contributed by atoms with Crippen molar-refractivity contribution in [3.05, 3.63) is 41.7 Å². The number of benzene rings is 1. The second kappa shape index (κ2) is 6.87. The minimum atomic E-state index is -5.02. The number of alkyl halides is 6. The van der Waals surface area contributed by atoms with Crippen LogP contribution in [-0.2, 0) is 21.9 Å². The molecule has 0 spiro atoms. The zero-order valence-electron chi connectivity index (χ0n) is 13.6. The Hall–Kier alpha value is -2.56. The highest BCUT2D eigenvalue weighted by molar-refractivity contribution is 5.92. The van der Waals surface area contributed by atoms with Crippen LogP contribution in [0.5, 0.6) is 0 Å². The van der Waals surface area contributed by atoms with E-state index in [9.17, 15) is 31.1 Å². The van der Waals surface area contributed by atoms with Crippen LogP contribution < -0.4 is 5.32 Å². The maximum atomic E-state index is 13.1. The molecule has 2 heterocycles. The first-order valence-corrected chi connectivity index (χ1v) is 7.79. The van der Waals surface area contributed by atoms with E-state index >= 15 is 0 Å². The molecule has 5 nitrogen and oxygen atoms in total. The van der Waals surface area contributed by atoms with Crippen molar-refractivity contribution in [2.45, 2.75) is 18.8 Å².